The molecule has 20 heavy (non-hydrogen) atoms. The smallest absolute Gasteiger partial charge is 0.309 e. The number of carbonyl (C=O) groups is 3. The van der Waals surface area contributed by atoms with Crippen LogP contribution in [-0.2, 0) is 19.1 Å². The van der Waals surface area contributed by atoms with Gasteiger partial charge < -0.3 is 4.74 Å². The summed E-state index contributed by atoms with van der Waals surface area (Å²) >= 11 is 0. The number of carbonyl (C=O) groups excluding carboxylic acids is 3. The maximum Gasteiger partial charge on any atom is 0.309 e. The summed E-state index contributed by atoms with van der Waals surface area (Å²) in [6.07, 6.45) is 4.78. The van der Waals surface area contributed by atoms with Gasteiger partial charge in [0.2, 0.25) is 0 Å². The van der Waals surface area contributed by atoms with Crippen molar-refractivity contribution in [1.29, 1.82) is 0 Å². The van der Waals surface area contributed by atoms with Crippen LogP contribution in [0.3, 0.4) is 0 Å². The molecule has 4 heteroatoms. The number of allylic oxidation sites excluding steroid dienone is 4. The molecule has 0 unspecified atom stereocenters. The summed E-state index contributed by atoms with van der Waals surface area (Å²) in [6.45, 7) is 5.39. The van der Waals surface area contributed by atoms with Crippen molar-refractivity contribution >= 4 is 17.5 Å². The van der Waals surface area contributed by atoms with E-state index in [0.29, 0.717) is 17.6 Å². The number of rotatable bonds is 2. The second kappa shape index (κ2) is 5.00. The zero-order chi connectivity index (χ0) is 15.1. The van der Waals surface area contributed by atoms with Crippen molar-refractivity contribution in [2.24, 2.45) is 17.3 Å². The predicted molar refractivity (Wildman–Crippen MR) is 73.9 cm³/mol. The third-order valence-corrected chi connectivity index (χ3v) is 4.65. The molecule has 0 aliphatic heterocycles. The van der Waals surface area contributed by atoms with Gasteiger partial charge in [0.25, 0.3) is 0 Å². The fourth-order valence-corrected chi connectivity index (χ4v) is 3.29. The summed E-state index contributed by atoms with van der Waals surface area (Å²) in [7, 11) is 1.33. The Morgan fingerprint density at radius 1 is 1.45 bits per heavy atom. The van der Waals surface area contributed by atoms with Gasteiger partial charge in [0.05, 0.1) is 13.0 Å². The Morgan fingerprint density at radius 2 is 2.10 bits per heavy atom. The molecule has 0 spiro atoms. The zero-order valence-corrected chi connectivity index (χ0v) is 12.4. The Morgan fingerprint density at radius 3 is 2.70 bits per heavy atom. The monoisotopic (exact) mass is 276 g/mol. The maximum absolute atomic E-state index is 12.7. The quantitative estimate of drug-likeness (QED) is 0.726. The average Bonchev–Trinajstić information content (AvgIpc) is 2.42. The van der Waals surface area contributed by atoms with Gasteiger partial charge in [0.15, 0.2) is 11.6 Å². The van der Waals surface area contributed by atoms with E-state index < -0.39 is 5.92 Å². The lowest BCUT2D eigenvalue weighted by molar-refractivity contribution is -0.149. The van der Waals surface area contributed by atoms with Crippen molar-refractivity contribution in [3.63, 3.8) is 0 Å². The van der Waals surface area contributed by atoms with E-state index in [9.17, 15) is 14.4 Å². The van der Waals surface area contributed by atoms with E-state index >= 15 is 0 Å². The van der Waals surface area contributed by atoms with Crippen LogP contribution in [0.4, 0.5) is 0 Å². The van der Waals surface area contributed by atoms with E-state index in [1.165, 1.54) is 7.11 Å². The molecule has 0 saturated heterocycles. The minimum Gasteiger partial charge on any atom is -0.469 e. The summed E-state index contributed by atoms with van der Waals surface area (Å²) in [6, 6.07) is 0. The Balaban J connectivity index is 2.39. The Kier molecular flexibility index (Phi) is 3.67. The van der Waals surface area contributed by atoms with Gasteiger partial charge in [-0.1, -0.05) is 19.9 Å². The highest BCUT2D eigenvalue weighted by atomic mass is 16.5. The highest BCUT2D eigenvalue weighted by Crippen LogP contribution is 2.47. The Hall–Kier alpha value is -1.71. The van der Waals surface area contributed by atoms with Crippen LogP contribution in [0.5, 0.6) is 0 Å². The summed E-state index contributed by atoms with van der Waals surface area (Å²) in [4.78, 5) is 36.2. The fourth-order valence-electron chi connectivity index (χ4n) is 3.29. The molecule has 0 aromatic rings. The molecule has 0 heterocycles. The lowest BCUT2D eigenvalue weighted by atomic mass is 9.61. The number of ketones is 2. The molecule has 0 bridgehead atoms. The maximum atomic E-state index is 12.7. The van der Waals surface area contributed by atoms with Gasteiger partial charge in [-0.25, -0.2) is 0 Å². The van der Waals surface area contributed by atoms with Crippen molar-refractivity contribution in [1.82, 2.24) is 0 Å². The number of esters is 1. The van der Waals surface area contributed by atoms with Crippen molar-refractivity contribution < 1.29 is 19.1 Å². The van der Waals surface area contributed by atoms with E-state index in [-0.39, 0.29) is 28.9 Å². The lowest BCUT2D eigenvalue weighted by Gasteiger charge is -2.40. The molecule has 0 N–H and O–H groups in total. The van der Waals surface area contributed by atoms with E-state index in [4.69, 9.17) is 4.74 Å². The zero-order valence-electron chi connectivity index (χ0n) is 12.4. The second-order valence-corrected chi connectivity index (χ2v) is 5.94. The molecule has 1 fully saturated rings. The molecule has 2 aliphatic carbocycles. The fraction of sp³-hybridized carbons (Fsp3) is 0.562. The van der Waals surface area contributed by atoms with Crippen molar-refractivity contribution in [2.75, 3.05) is 7.11 Å². The minimum absolute atomic E-state index is 0.0770. The summed E-state index contributed by atoms with van der Waals surface area (Å²) in [5.74, 6) is -1.43. The number of hydrogen-bond acceptors (Lipinski definition) is 4. The van der Waals surface area contributed by atoms with Crippen LogP contribution < -0.4 is 0 Å². The molecule has 108 valence electrons. The highest BCUT2D eigenvalue weighted by Gasteiger charge is 2.46. The minimum atomic E-state index is -0.474. The standard InChI is InChI=1S/C16H20O4/c1-9(15(19)20-4)11-5-7-16(3)8-6-12(17)10(2)13(16)14(11)18/h6,8-9,11H,5,7H2,1-4H3/t9-,11-,16+/m1/s1. The van der Waals surface area contributed by atoms with Gasteiger partial charge in [-0.2, -0.15) is 0 Å². The van der Waals surface area contributed by atoms with Gasteiger partial charge in [-0.3, -0.25) is 14.4 Å². The van der Waals surface area contributed by atoms with Crippen molar-refractivity contribution in [2.45, 2.75) is 33.6 Å². The van der Waals surface area contributed by atoms with Crippen LogP contribution in [0.1, 0.15) is 33.6 Å². The molecule has 4 nitrogen and oxygen atoms in total. The molecular weight excluding hydrogens is 256 g/mol. The molecule has 2 aliphatic rings. The van der Waals surface area contributed by atoms with Gasteiger partial charge in [-0.05, 0) is 25.8 Å². The number of Topliss-reactive ketones (excluding diaryl/α,β-unsaturated/α-hetero) is 1. The molecule has 0 amide bonds. The Labute approximate surface area is 118 Å². The van der Waals surface area contributed by atoms with E-state index in [1.807, 2.05) is 13.0 Å². The summed E-state index contributed by atoms with van der Waals surface area (Å²) in [5, 5.41) is 0. The number of ether oxygens (including phenoxy) is 1. The molecule has 0 radical (unpaired) electrons. The first-order valence-corrected chi connectivity index (χ1v) is 6.89. The molecular formula is C16H20O4. The first-order chi connectivity index (χ1) is 9.31. The third-order valence-electron chi connectivity index (χ3n) is 4.65. The first kappa shape index (κ1) is 14.7. The van der Waals surface area contributed by atoms with Gasteiger partial charge in [0, 0.05) is 22.5 Å². The van der Waals surface area contributed by atoms with E-state index in [1.54, 1.807) is 19.9 Å². The second-order valence-electron chi connectivity index (χ2n) is 5.94. The van der Waals surface area contributed by atoms with Gasteiger partial charge in [-0.15, -0.1) is 0 Å². The van der Waals surface area contributed by atoms with E-state index in [2.05, 4.69) is 0 Å². The summed E-state index contributed by atoms with van der Waals surface area (Å²) < 4.78 is 4.73. The van der Waals surface area contributed by atoms with Crippen LogP contribution in [0.15, 0.2) is 23.3 Å². The van der Waals surface area contributed by atoms with Crippen LogP contribution in [-0.4, -0.2) is 24.6 Å². The van der Waals surface area contributed by atoms with Gasteiger partial charge in [0.1, 0.15) is 0 Å². The van der Waals surface area contributed by atoms with Crippen LogP contribution in [0, 0.1) is 17.3 Å². The van der Waals surface area contributed by atoms with E-state index in [0.717, 1.165) is 6.42 Å². The highest BCUT2D eigenvalue weighted by molar-refractivity contribution is 6.14. The normalized spacial score (nSPS) is 31.1. The summed E-state index contributed by atoms with van der Waals surface area (Å²) in [5.41, 5.74) is 0.722. The molecule has 3 atom stereocenters. The molecule has 0 aromatic heterocycles. The number of fused-ring (bicyclic) bond motifs is 1. The number of methoxy groups -OCH3 is 1. The first-order valence-electron chi connectivity index (χ1n) is 6.89. The SMILES string of the molecule is COC(=O)[C@H](C)[C@H]1CC[C@@]2(C)C=CC(=O)C(C)=C2C1=O. The average molecular weight is 276 g/mol. The van der Waals surface area contributed by atoms with Crippen molar-refractivity contribution in [3.05, 3.63) is 23.3 Å². The topological polar surface area (TPSA) is 60.4 Å². The van der Waals surface area contributed by atoms with Crippen LogP contribution in [0.25, 0.3) is 0 Å². The third kappa shape index (κ3) is 2.13. The van der Waals surface area contributed by atoms with Crippen molar-refractivity contribution in [3.8, 4) is 0 Å². The molecule has 2 rings (SSSR count). The Bertz CT molecular complexity index is 541. The predicted octanol–water partition coefficient (Wildman–Crippen LogP) is 2.24. The molecule has 0 aromatic carbocycles. The van der Waals surface area contributed by atoms with Crippen LogP contribution >= 0.6 is 0 Å². The molecule has 1 saturated carbocycles. The largest absolute Gasteiger partial charge is 0.469 e. The number of hydrogen-bond donors (Lipinski definition) is 0. The van der Waals surface area contributed by atoms with Gasteiger partial charge >= 0.3 is 5.97 Å². The van der Waals surface area contributed by atoms with Crippen LogP contribution in [0.2, 0.25) is 0 Å². The lowest BCUT2D eigenvalue weighted by Crippen LogP contribution is -2.41.